The van der Waals surface area contributed by atoms with Gasteiger partial charge < -0.3 is 30.9 Å². The quantitative estimate of drug-likeness (QED) is 0.305. The van der Waals surface area contributed by atoms with Crippen LogP contribution in [0.2, 0.25) is 0 Å². The molecule has 0 aromatic carbocycles. The number of hydrogen-bond acceptors (Lipinski definition) is 6. The van der Waals surface area contributed by atoms with Gasteiger partial charge in [0.05, 0.1) is 12.6 Å². The third kappa shape index (κ3) is 2.33. The third-order valence-corrected chi connectivity index (χ3v) is 1.95. The molecule has 6 N–H and O–H groups in total. The van der Waals surface area contributed by atoms with Gasteiger partial charge in [0.25, 0.3) is 0 Å². The van der Waals surface area contributed by atoms with Gasteiger partial charge in [-0.1, -0.05) is 0 Å². The van der Waals surface area contributed by atoms with E-state index in [-0.39, 0.29) is 4.70 Å². The second kappa shape index (κ2) is 4.80. The summed E-state index contributed by atoms with van der Waals surface area (Å²) < 4.78 is 4.70. The summed E-state index contributed by atoms with van der Waals surface area (Å²) in [6.45, 7) is -0.470. The summed E-state index contributed by atoms with van der Waals surface area (Å²) in [4.78, 5) is 0. The number of hydrogen-bond donors (Lipinski definition) is 5. The van der Waals surface area contributed by atoms with Gasteiger partial charge in [0.2, 0.25) is 0 Å². The average molecular weight is 199 g/mol. The predicted octanol–water partition coefficient (Wildman–Crippen LogP) is -3.10. The lowest BCUT2D eigenvalue weighted by atomic mass is 9.98. The lowest BCUT2D eigenvalue weighted by Crippen LogP contribution is -2.61. The molecule has 0 aliphatic carbocycles. The van der Waals surface area contributed by atoms with Crippen molar-refractivity contribution in [3.05, 3.63) is 0 Å². The summed E-state index contributed by atoms with van der Waals surface area (Å²) in [5.41, 5.74) is 5.26. The van der Waals surface area contributed by atoms with Gasteiger partial charge in [-0.2, -0.15) is 0 Å². The van der Waals surface area contributed by atoms with E-state index in [0.717, 1.165) is 0 Å². The summed E-state index contributed by atoms with van der Waals surface area (Å²) in [6, 6.07) is -1.04. The number of nitrogens with two attached hydrogens (primary N) is 1. The maximum absolute atomic E-state index is 9.20. The Morgan fingerprint density at radius 2 is 1.69 bits per heavy atom. The van der Waals surface area contributed by atoms with Crippen molar-refractivity contribution in [1.29, 1.82) is 0 Å². The summed E-state index contributed by atoms with van der Waals surface area (Å²) in [5.74, 6) is 0. The van der Waals surface area contributed by atoms with Crippen LogP contribution in [0.15, 0.2) is 0 Å². The zero-order chi connectivity index (χ0) is 9.30. The Labute approximate surface area is 73.9 Å². The number of aliphatic hydroxyl groups is 4. The highest BCUT2D eigenvalue weighted by Gasteiger charge is 2.41. The number of aliphatic hydroxyl groups excluding tert-OH is 4. The predicted molar refractivity (Wildman–Crippen MR) is 40.5 cm³/mol. The Morgan fingerprint density at radius 1 is 1.15 bits per heavy atom. The van der Waals surface area contributed by atoms with Gasteiger partial charge >= 0.3 is 0 Å². The van der Waals surface area contributed by atoms with E-state index in [1.807, 2.05) is 0 Å². The Hall–Kier alpha value is -0.310. The van der Waals surface area contributed by atoms with Gasteiger partial charge in [0.1, 0.15) is 18.3 Å². The Balaban J connectivity index is 0.00000144. The van der Waals surface area contributed by atoms with E-state index in [2.05, 4.69) is 0 Å². The van der Waals surface area contributed by atoms with Crippen LogP contribution in [0.5, 0.6) is 0 Å². The number of ether oxygens (including phenoxy) is 1. The molecule has 5 atom stereocenters. The van der Waals surface area contributed by atoms with Crippen LogP contribution < -0.4 is 5.73 Å². The van der Waals surface area contributed by atoms with Gasteiger partial charge in [0, 0.05) is 0 Å². The SMILES string of the molecule is F.N[C@@H]1C(O)O[C@@H](CO)[C@@H](O)[C@H]1O. The van der Waals surface area contributed by atoms with Crippen molar-refractivity contribution < 1.29 is 29.9 Å². The van der Waals surface area contributed by atoms with Gasteiger partial charge in [-0.25, -0.2) is 0 Å². The summed E-state index contributed by atoms with van der Waals surface area (Å²) in [6.07, 6.45) is -4.85. The summed E-state index contributed by atoms with van der Waals surface area (Å²) >= 11 is 0. The molecule has 0 bridgehead atoms. The molecule has 1 aliphatic rings. The molecule has 0 spiro atoms. The fourth-order valence-electron chi connectivity index (χ4n) is 1.12. The first-order valence-corrected chi connectivity index (χ1v) is 3.64. The lowest BCUT2D eigenvalue weighted by molar-refractivity contribution is -0.248. The average Bonchev–Trinajstić information content (AvgIpc) is 2.08. The third-order valence-electron chi connectivity index (χ3n) is 1.95. The molecule has 0 amide bonds. The van der Waals surface area contributed by atoms with Crippen LogP contribution >= 0.6 is 0 Å². The maximum atomic E-state index is 9.20. The van der Waals surface area contributed by atoms with E-state index < -0.39 is 37.3 Å². The molecule has 80 valence electrons. The molecule has 13 heavy (non-hydrogen) atoms. The molecule has 1 fully saturated rings. The van der Waals surface area contributed by atoms with E-state index in [9.17, 15) is 10.2 Å². The molecule has 0 aromatic rings. The van der Waals surface area contributed by atoms with Gasteiger partial charge in [-0.05, 0) is 0 Å². The van der Waals surface area contributed by atoms with Gasteiger partial charge in [0.15, 0.2) is 6.29 Å². The van der Waals surface area contributed by atoms with E-state index >= 15 is 0 Å². The molecule has 7 heteroatoms. The molecule has 1 rings (SSSR count). The molecular weight excluding hydrogens is 185 g/mol. The minimum Gasteiger partial charge on any atom is -0.394 e. The van der Waals surface area contributed by atoms with Crippen LogP contribution in [0.1, 0.15) is 0 Å². The zero-order valence-electron chi connectivity index (χ0n) is 6.78. The van der Waals surface area contributed by atoms with Crippen LogP contribution in [0.3, 0.4) is 0 Å². The van der Waals surface area contributed by atoms with Crippen molar-refractivity contribution in [2.45, 2.75) is 30.6 Å². The monoisotopic (exact) mass is 199 g/mol. The first-order chi connectivity index (χ1) is 5.57. The van der Waals surface area contributed by atoms with Crippen LogP contribution in [-0.4, -0.2) is 57.7 Å². The van der Waals surface area contributed by atoms with Crippen molar-refractivity contribution in [2.24, 2.45) is 5.73 Å². The van der Waals surface area contributed by atoms with Crippen molar-refractivity contribution >= 4 is 0 Å². The molecule has 1 aliphatic heterocycles. The van der Waals surface area contributed by atoms with E-state index in [4.69, 9.17) is 20.7 Å². The second-order valence-electron chi connectivity index (χ2n) is 2.81. The molecule has 0 saturated carbocycles. The first kappa shape index (κ1) is 12.7. The minimum absolute atomic E-state index is 0. The van der Waals surface area contributed by atoms with E-state index in [1.165, 1.54) is 0 Å². The van der Waals surface area contributed by atoms with Crippen molar-refractivity contribution in [3.63, 3.8) is 0 Å². The Bertz CT molecular complexity index is 155. The number of halogens is 1. The standard InChI is InChI=1S/C6H13NO5.FH/c7-3-5(10)4(9)2(1-8)12-6(3)11;/h2-6,8-11H,1,7H2;1H/t2-,3-,4+,5-,6?;/m0./s1. The fourth-order valence-corrected chi connectivity index (χ4v) is 1.12. The van der Waals surface area contributed by atoms with E-state index in [1.54, 1.807) is 0 Å². The minimum atomic E-state index is -1.35. The highest BCUT2D eigenvalue weighted by molar-refractivity contribution is 4.90. The molecule has 1 saturated heterocycles. The molecule has 0 radical (unpaired) electrons. The fraction of sp³-hybridized carbons (Fsp3) is 1.00. The van der Waals surface area contributed by atoms with Crippen molar-refractivity contribution in [2.75, 3.05) is 6.61 Å². The van der Waals surface area contributed by atoms with Crippen LogP contribution in [0.4, 0.5) is 4.70 Å². The topological polar surface area (TPSA) is 116 Å². The van der Waals surface area contributed by atoms with Gasteiger partial charge in [-0.3, -0.25) is 4.70 Å². The highest BCUT2D eigenvalue weighted by Crippen LogP contribution is 2.17. The summed E-state index contributed by atoms with van der Waals surface area (Å²) in [7, 11) is 0. The van der Waals surface area contributed by atoms with E-state index in [0.29, 0.717) is 0 Å². The maximum Gasteiger partial charge on any atom is 0.173 e. The lowest BCUT2D eigenvalue weighted by Gasteiger charge is -2.38. The molecule has 1 heterocycles. The summed E-state index contributed by atoms with van der Waals surface area (Å²) in [5, 5.41) is 36.1. The van der Waals surface area contributed by atoms with Crippen molar-refractivity contribution in [3.8, 4) is 0 Å². The largest absolute Gasteiger partial charge is 0.394 e. The van der Waals surface area contributed by atoms with Crippen molar-refractivity contribution in [1.82, 2.24) is 0 Å². The van der Waals surface area contributed by atoms with Crippen LogP contribution in [0, 0.1) is 0 Å². The van der Waals surface area contributed by atoms with Crippen LogP contribution in [0.25, 0.3) is 0 Å². The first-order valence-electron chi connectivity index (χ1n) is 3.64. The molecule has 0 aromatic heterocycles. The molecule has 6 nitrogen and oxygen atoms in total. The van der Waals surface area contributed by atoms with Crippen LogP contribution in [-0.2, 0) is 4.74 Å². The Morgan fingerprint density at radius 3 is 2.15 bits per heavy atom. The molecular formula is C6H14FNO5. The number of rotatable bonds is 1. The smallest absolute Gasteiger partial charge is 0.173 e. The highest BCUT2D eigenvalue weighted by atomic mass is 19.0. The molecule has 1 unspecified atom stereocenters. The normalized spacial score (nSPS) is 45.5. The zero-order valence-corrected chi connectivity index (χ0v) is 6.78. The van der Waals surface area contributed by atoms with Gasteiger partial charge in [-0.15, -0.1) is 0 Å². The Kier molecular flexibility index (Phi) is 4.68. The second-order valence-corrected chi connectivity index (χ2v) is 2.81.